The Labute approximate surface area is 98.6 Å². The molecule has 0 spiro atoms. The maximum Gasteiger partial charge on any atom is 0.122 e. The topological polar surface area (TPSA) is 20.2 Å². The number of rotatable bonds is 0. The van der Waals surface area contributed by atoms with Crippen LogP contribution in [0.3, 0.4) is 0 Å². The lowest BCUT2D eigenvalue weighted by atomic mass is 9.86. The molecular formula is C10H11Cl3O. The molecule has 4 heteroatoms. The summed E-state index contributed by atoms with van der Waals surface area (Å²) in [6.45, 7) is 5.83. The molecule has 0 unspecified atom stereocenters. The van der Waals surface area contributed by atoms with Gasteiger partial charge in [-0.3, -0.25) is 0 Å². The number of hydrogen-bond donors (Lipinski definition) is 1. The summed E-state index contributed by atoms with van der Waals surface area (Å²) in [6, 6.07) is 1.41. The van der Waals surface area contributed by atoms with Gasteiger partial charge in [-0.25, -0.2) is 0 Å². The zero-order valence-corrected chi connectivity index (χ0v) is 10.4. The van der Waals surface area contributed by atoms with E-state index in [1.807, 2.05) is 20.8 Å². The molecule has 0 bridgehead atoms. The fraction of sp³-hybridized carbons (Fsp3) is 0.400. The average Bonchev–Trinajstić information content (AvgIpc) is 1.97. The van der Waals surface area contributed by atoms with Gasteiger partial charge in [-0.2, -0.15) is 0 Å². The van der Waals surface area contributed by atoms with Crippen LogP contribution in [0.15, 0.2) is 6.07 Å². The van der Waals surface area contributed by atoms with Gasteiger partial charge < -0.3 is 5.11 Å². The summed E-state index contributed by atoms with van der Waals surface area (Å²) in [4.78, 5) is 0. The molecule has 0 aliphatic rings. The van der Waals surface area contributed by atoms with Gasteiger partial charge in [0, 0.05) is 11.6 Å². The number of phenols is 1. The zero-order valence-electron chi connectivity index (χ0n) is 8.16. The van der Waals surface area contributed by atoms with Crippen molar-refractivity contribution < 1.29 is 5.11 Å². The summed E-state index contributed by atoms with van der Waals surface area (Å²) in [7, 11) is 0. The third kappa shape index (κ3) is 2.10. The van der Waals surface area contributed by atoms with Crippen LogP contribution in [0.25, 0.3) is 0 Å². The number of phenolic OH excluding ortho intramolecular Hbond substituents is 1. The molecule has 78 valence electrons. The lowest BCUT2D eigenvalue weighted by Crippen LogP contribution is -2.12. The van der Waals surface area contributed by atoms with E-state index in [1.54, 1.807) is 0 Å². The van der Waals surface area contributed by atoms with Gasteiger partial charge in [0.05, 0.1) is 15.1 Å². The minimum Gasteiger partial charge on any atom is -0.508 e. The van der Waals surface area contributed by atoms with E-state index in [2.05, 4.69) is 0 Å². The Morgan fingerprint density at radius 1 is 1.07 bits per heavy atom. The van der Waals surface area contributed by atoms with E-state index in [0.29, 0.717) is 10.6 Å². The Morgan fingerprint density at radius 3 is 2.00 bits per heavy atom. The summed E-state index contributed by atoms with van der Waals surface area (Å²) >= 11 is 17.7. The van der Waals surface area contributed by atoms with Crippen molar-refractivity contribution in [3.63, 3.8) is 0 Å². The van der Waals surface area contributed by atoms with Crippen molar-refractivity contribution in [2.75, 3.05) is 0 Å². The lowest BCUT2D eigenvalue weighted by molar-refractivity contribution is 0.447. The zero-order chi connectivity index (χ0) is 11.1. The molecule has 1 aromatic rings. The van der Waals surface area contributed by atoms with E-state index in [-0.39, 0.29) is 21.2 Å². The highest BCUT2D eigenvalue weighted by molar-refractivity contribution is 6.48. The first-order valence-electron chi connectivity index (χ1n) is 4.12. The standard InChI is InChI=1S/C10H11Cl3O/c1-10(2,3)7-6(14)4-5(11)8(12)9(7)13/h4,14H,1-3H3. The molecular weight excluding hydrogens is 242 g/mol. The Balaban J connectivity index is 3.53. The summed E-state index contributed by atoms with van der Waals surface area (Å²) in [5.41, 5.74) is 0.351. The molecule has 0 atom stereocenters. The van der Waals surface area contributed by atoms with Gasteiger partial charge in [-0.15, -0.1) is 0 Å². The largest absolute Gasteiger partial charge is 0.508 e. The van der Waals surface area contributed by atoms with Gasteiger partial charge in [0.25, 0.3) is 0 Å². The normalized spacial score (nSPS) is 11.9. The maximum atomic E-state index is 9.70. The molecule has 0 amide bonds. The second kappa shape index (κ2) is 3.80. The highest BCUT2D eigenvalue weighted by Crippen LogP contribution is 2.43. The van der Waals surface area contributed by atoms with Crippen LogP contribution < -0.4 is 0 Å². The number of benzene rings is 1. The number of aromatic hydroxyl groups is 1. The van der Waals surface area contributed by atoms with Crippen molar-refractivity contribution in [3.8, 4) is 5.75 Å². The molecule has 14 heavy (non-hydrogen) atoms. The smallest absolute Gasteiger partial charge is 0.122 e. The summed E-state index contributed by atoms with van der Waals surface area (Å²) in [6.07, 6.45) is 0. The SMILES string of the molecule is CC(C)(C)c1c(O)cc(Cl)c(Cl)c1Cl. The van der Waals surface area contributed by atoms with E-state index in [0.717, 1.165) is 0 Å². The average molecular weight is 254 g/mol. The molecule has 0 heterocycles. The molecule has 1 aromatic carbocycles. The minimum atomic E-state index is -0.268. The van der Waals surface area contributed by atoms with Crippen LogP contribution >= 0.6 is 34.8 Å². The van der Waals surface area contributed by atoms with Gasteiger partial charge in [0.15, 0.2) is 0 Å². The first kappa shape index (κ1) is 12.0. The molecule has 1 N–H and O–H groups in total. The van der Waals surface area contributed by atoms with Crippen molar-refractivity contribution in [1.29, 1.82) is 0 Å². The lowest BCUT2D eigenvalue weighted by Gasteiger charge is -2.22. The van der Waals surface area contributed by atoms with E-state index in [4.69, 9.17) is 34.8 Å². The minimum absolute atomic E-state index is 0.0805. The molecule has 1 rings (SSSR count). The molecule has 0 radical (unpaired) electrons. The Morgan fingerprint density at radius 2 is 1.57 bits per heavy atom. The quantitative estimate of drug-likeness (QED) is 0.667. The third-order valence-electron chi connectivity index (χ3n) is 1.89. The van der Waals surface area contributed by atoms with Crippen molar-refractivity contribution in [1.82, 2.24) is 0 Å². The van der Waals surface area contributed by atoms with Gasteiger partial charge in [-0.05, 0) is 5.41 Å². The predicted octanol–water partition coefficient (Wildman–Crippen LogP) is 4.65. The van der Waals surface area contributed by atoms with E-state index < -0.39 is 0 Å². The van der Waals surface area contributed by atoms with Crippen molar-refractivity contribution in [2.45, 2.75) is 26.2 Å². The van der Waals surface area contributed by atoms with Gasteiger partial charge in [0.2, 0.25) is 0 Å². The molecule has 0 aliphatic heterocycles. The summed E-state index contributed by atoms with van der Waals surface area (Å²) in [5, 5.41) is 10.6. The molecule has 0 saturated heterocycles. The molecule has 0 fully saturated rings. The van der Waals surface area contributed by atoms with Crippen LogP contribution in [0.5, 0.6) is 5.75 Å². The second-order valence-corrected chi connectivity index (χ2v) is 5.29. The van der Waals surface area contributed by atoms with E-state index >= 15 is 0 Å². The van der Waals surface area contributed by atoms with Gasteiger partial charge in [-0.1, -0.05) is 55.6 Å². The fourth-order valence-electron chi connectivity index (χ4n) is 1.30. The second-order valence-electron chi connectivity index (χ2n) is 4.13. The van der Waals surface area contributed by atoms with Gasteiger partial charge in [0.1, 0.15) is 5.75 Å². The molecule has 0 aromatic heterocycles. The fourth-order valence-corrected chi connectivity index (χ4v) is 2.17. The Bertz CT molecular complexity index is 367. The van der Waals surface area contributed by atoms with Gasteiger partial charge >= 0.3 is 0 Å². The van der Waals surface area contributed by atoms with Crippen LogP contribution in [0.4, 0.5) is 0 Å². The summed E-state index contributed by atoms with van der Waals surface area (Å²) < 4.78 is 0. The maximum absolute atomic E-state index is 9.70. The van der Waals surface area contributed by atoms with E-state index in [1.165, 1.54) is 6.07 Å². The molecule has 0 saturated carbocycles. The van der Waals surface area contributed by atoms with Crippen molar-refractivity contribution in [3.05, 3.63) is 26.7 Å². The Kier molecular flexibility index (Phi) is 3.25. The molecule has 1 nitrogen and oxygen atoms in total. The van der Waals surface area contributed by atoms with Crippen LogP contribution in [-0.4, -0.2) is 5.11 Å². The number of hydrogen-bond acceptors (Lipinski definition) is 1. The predicted molar refractivity (Wildman–Crippen MR) is 61.8 cm³/mol. The summed E-state index contributed by atoms with van der Waals surface area (Å²) in [5.74, 6) is 0.0805. The van der Waals surface area contributed by atoms with Crippen LogP contribution in [0.2, 0.25) is 15.1 Å². The highest BCUT2D eigenvalue weighted by Gasteiger charge is 2.24. The van der Waals surface area contributed by atoms with Crippen molar-refractivity contribution in [2.24, 2.45) is 0 Å². The first-order chi connectivity index (χ1) is 6.25. The van der Waals surface area contributed by atoms with Crippen LogP contribution in [0, 0.1) is 0 Å². The van der Waals surface area contributed by atoms with E-state index in [9.17, 15) is 5.11 Å². The first-order valence-corrected chi connectivity index (χ1v) is 5.25. The van der Waals surface area contributed by atoms with Crippen molar-refractivity contribution >= 4 is 34.8 Å². The van der Waals surface area contributed by atoms with Crippen LogP contribution in [0.1, 0.15) is 26.3 Å². The Hall–Kier alpha value is -0.110. The van der Waals surface area contributed by atoms with Crippen LogP contribution in [-0.2, 0) is 5.41 Å². The monoisotopic (exact) mass is 252 g/mol. The molecule has 0 aliphatic carbocycles. The third-order valence-corrected chi connectivity index (χ3v) is 3.15. The number of halogens is 3. The highest BCUT2D eigenvalue weighted by atomic mass is 35.5.